The maximum atomic E-state index is 14.9. The Hall–Kier alpha value is -2.67. The molecule has 0 aliphatic heterocycles. The highest BCUT2D eigenvalue weighted by molar-refractivity contribution is 5.74. The minimum absolute atomic E-state index is 0.125. The molecule has 1 atom stereocenters. The highest BCUT2D eigenvalue weighted by Crippen LogP contribution is 2.37. The van der Waals surface area contributed by atoms with Crippen molar-refractivity contribution in [2.24, 2.45) is 5.73 Å². The number of aryl methyl sites for hydroxylation is 2. The Morgan fingerprint density at radius 1 is 1.16 bits per heavy atom. The van der Waals surface area contributed by atoms with E-state index >= 15 is 0 Å². The van der Waals surface area contributed by atoms with Gasteiger partial charge >= 0.3 is 5.97 Å². The van der Waals surface area contributed by atoms with E-state index in [0.29, 0.717) is 28.7 Å². The molecule has 0 fully saturated rings. The first-order chi connectivity index (χ1) is 15.2. The molecule has 0 heterocycles. The van der Waals surface area contributed by atoms with Gasteiger partial charge in [0, 0.05) is 11.6 Å². The molecule has 2 aromatic rings. The molecule has 2 N–H and O–H groups in total. The minimum Gasteiger partial charge on any atom is -0.466 e. The summed E-state index contributed by atoms with van der Waals surface area (Å²) >= 11 is 0. The number of nitrogens with two attached hydrogens (primary N) is 1. The topological polar surface area (TPSA) is 52.3 Å². The van der Waals surface area contributed by atoms with Gasteiger partial charge in [0.1, 0.15) is 11.6 Å². The third kappa shape index (κ3) is 6.42. The Kier molecular flexibility index (Phi) is 9.44. The maximum Gasteiger partial charge on any atom is 0.307 e. The second kappa shape index (κ2) is 11.8. The average Bonchev–Trinajstić information content (AvgIpc) is 2.71. The molecule has 0 saturated heterocycles. The molecule has 0 radical (unpaired) electrons. The number of carbonyl (C=O) groups excluding carboxylic acids is 1. The van der Waals surface area contributed by atoms with Crippen molar-refractivity contribution in [2.75, 3.05) is 6.61 Å². The van der Waals surface area contributed by atoms with Crippen molar-refractivity contribution in [1.29, 1.82) is 0 Å². The summed E-state index contributed by atoms with van der Waals surface area (Å²) < 4.78 is 61.2. The smallest absolute Gasteiger partial charge is 0.307 e. The molecule has 3 nitrogen and oxygen atoms in total. The molecule has 0 aromatic heterocycles. The summed E-state index contributed by atoms with van der Waals surface area (Å²) in [5.41, 5.74) is 7.06. The standard InChI is InChI=1S/C25H29F4NO2/c1-4-6-7-8-9-16-11-18(26)10-15(3)23(16)17-12-19(21(30)14-22(31)32-5-2)24(27)20(13-17)25(28)29/h4,10-13,21,25H,1,5-9,14,30H2,2-3H3/t21-/m0/s1. The quantitative estimate of drug-likeness (QED) is 0.178. The van der Waals surface area contributed by atoms with E-state index in [-0.39, 0.29) is 18.6 Å². The number of hydrogen-bond donors (Lipinski definition) is 1. The van der Waals surface area contributed by atoms with Crippen LogP contribution in [-0.2, 0) is 16.0 Å². The van der Waals surface area contributed by atoms with E-state index in [1.54, 1.807) is 19.9 Å². The molecule has 7 heteroatoms. The van der Waals surface area contributed by atoms with Crippen LogP contribution in [0.4, 0.5) is 17.6 Å². The van der Waals surface area contributed by atoms with Gasteiger partial charge in [-0.2, -0.15) is 0 Å². The highest BCUT2D eigenvalue weighted by atomic mass is 19.3. The fraction of sp³-hybridized carbons (Fsp3) is 0.400. The van der Waals surface area contributed by atoms with Gasteiger partial charge in [0.25, 0.3) is 6.43 Å². The largest absolute Gasteiger partial charge is 0.466 e. The minimum atomic E-state index is -3.08. The molecule has 2 rings (SSSR count). The van der Waals surface area contributed by atoms with Crippen LogP contribution < -0.4 is 5.73 Å². The van der Waals surface area contributed by atoms with E-state index in [2.05, 4.69) is 6.58 Å². The van der Waals surface area contributed by atoms with Gasteiger partial charge in [0.05, 0.1) is 18.6 Å². The maximum absolute atomic E-state index is 14.9. The van der Waals surface area contributed by atoms with Gasteiger partial charge in [-0.05, 0) is 86.1 Å². The number of benzene rings is 2. The molecule has 0 saturated carbocycles. The number of allylic oxidation sites excluding steroid dienone is 1. The Bertz CT molecular complexity index is 959. The zero-order valence-corrected chi connectivity index (χ0v) is 18.4. The van der Waals surface area contributed by atoms with Gasteiger partial charge < -0.3 is 10.5 Å². The first-order valence-corrected chi connectivity index (χ1v) is 10.6. The van der Waals surface area contributed by atoms with Gasteiger partial charge in [-0.25, -0.2) is 17.6 Å². The normalized spacial score (nSPS) is 12.1. The van der Waals surface area contributed by atoms with Gasteiger partial charge in [-0.3, -0.25) is 4.79 Å². The van der Waals surface area contributed by atoms with Crippen molar-refractivity contribution in [3.05, 3.63) is 70.8 Å². The van der Waals surface area contributed by atoms with Gasteiger partial charge in [0.2, 0.25) is 0 Å². The lowest BCUT2D eigenvalue weighted by Gasteiger charge is -2.19. The van der Waals surface area contributed by atoms with E-state index in [1.807, 2.05) is 0 Å². The summed E-state index contributed by atoms with van der Waals surface area (Å²) in [5, 5.41) is 0. The van der Waals surface area contributed by atoms with Crippen LogP contribution in [0.5, 0.6) is 0 Å². The number of ether oxygens (including phenoxy) is 1. The third-order valence-corrected chi connectivity index (χ3v) is 5.23. The zero-order chi connectivity index (χ0) is 23.8. The monoisotopic (exact) mass is 451 g/mol. The van der Waals surface area contributed by atoms with Crippen molar-refractivity contribution >= 4 is 5.97 Å². The Balaban J connectivity index is 2.58. The number of halogens is 4. The van der Waals surface area contributed by atoms with Crippen LogP contribution in [0.15, 0.2) is 36.9 Å². The predicted molar refractivity (Wildman–Crippen MR) is 117 cm³/mol. The van der Waals surface area contributed by atoms with Crippen molar-refractivity contribution < 1.29 is 27.1 Å². The van der Waals surface area contributed by atoms with Crippen LogP contribution in [0.2, 0.25) is 0 Å². The summed E-state index contributed by atoms with van der Waals surface area (Å²) in [4.78, 5) is 11.8. The van der Waals surface area contributed by atoms with Crippen molar-refractivity contribution in [1.82, 2.24) is 0 Å². The third-order valence-electron chi connectivity index (χ3n) is 5.23. The first kappa shape index (κ1) is 25.6. The van der Waals surface area contributed by atoms with Crippen molar-refractivity contribution in [2.45, 2.75) is 58.4 Å². The Morgan fingerprint density at radius 2 is 1.84 bits per heavy atom. The van der Waals surface area contributed by atoms with Crippen LogP contribution >= 0.6 is 0 Å². The molecular weight excluding hydrogens is 422 g/mol. The molecule has 0 aliphatic rings. The molecule has 0 unspecified atom stereocenters. The summed E-state index contributed by atoms with van der Waals surface area (Å²) in [6.45, 7) is 7.10. The molecule has 0 bridgehead atoms. The molecule has 174 valence electrons. The lowest BCUT2D eigenvalue weighted by atomic mass is 9.88. The number of rotatable bonds is 11. The second-order valence-corrected chi connectivity index (χ2v) is 7.68. The summed E-state index contributed by atoms with van der Waals surface area (Å²) in [7, 11) is 0. The lowest BCUT2D eigenvalue weighted by Crippen LogP contribution is -2.19. The number of hydrogen-bond acceptors (Lipinski definition) is 3. The van der Waals surface area contributed by atoms with Crippen LogP contribution in [0.3, 0.4) is 0 Å². The summed E-state index contributed by atoms with van der Waals surface area (Å²) in [6, 6.07) is 3.97. The van der Waals surface area contributed by atoms with Crippen LogP contribution in [0.1, 0.15) is 67.3 Å². The Morgan fingerprint density at radius 3 is 2.47 bits per heavy atom. The molecule has 0 spiro atoms. The van der Waals surface area contributed by atoms with E-state index < -0.39 is 35.6 Å². The SMILES string of the molecule is C=CCCCCc1cc(F)cc(C)c1-c1cc(C(F)F)c(F)c([C@@H](N)CC(=O)OCC)c1. The lowest BCUT2D eigenvalue weighted by molar-refractivity contribution is -0.143. The molecular formula is C25H29F4NO2. The first-order valence-electron chi connectivity index (χ1n) is 10.6. The number of alkyl halides is 2. The van der Waals surface area contributed by atoms with E-state index in [4.69, 9.17) is 10.5 Å². The average molecular weight is 452 g/mol. The summed E-state index contributed by atoms with van der Waals surface area (Å²) in [6.07, 6.45) is 1.29. The van der Waals surface area contributed by atoms with Gasteiger partial charge in [0.15, 0.2) is 0 Å². The highest BCUT2D eigenvalue weighted by Gasteiger charge is 2.25. The molecule has 0 aliphatic carbocycles. The van der Waals surface area contributed by atoms with E-state index in [1.165, 1.54) is 18.2 Å². The zero-order valence-electron chi connectivity index (χ0n) is 18.4. The summed E-state index contributed by atoms with van der Waals surface area (Å²) in [5.74, 6) is -2.22. The van der Waals surface area contributed by atoms with Crippen LogP contribution in [-0.4, -0.2) is 12.6 Å². The van der Waals surface area contributed by atoms with Crippen molar-refractivity contribution in [3.8, 4) is 11.1 Å². The molecule has 0 amide bonds. The predicted octanol–water partition coefficient (Wildman–Crippen LogP) is 6.73. The Labute approximate surface area is 186 Å². The van der Waals surface area contributed by atoms with E-state index in [9.17, 15) is 22.4 Å². The fourth-order valence-electron chi connectivity index (χ4n) is 3.78. The number of esters is 1. The van der Waals surface area contributed by atoms with Gasteiger partial charge in [-0.1, -0.05) is 6.08 Å². The molecule has 2 aromatic carbocycles. The van der Waals surface area contributed by atoms with Crippen LogP contribution in [0.25, 0.3) is 11.1 Å². The van der Waals surface area contributed by atoms with Crippen LogP contribution in [0, 0.1) is 18.6 Å². The molecule has 32 heavy (non-hydrogen) atoms. The fourth-order valence-corrected chi connectivity index (χ4v) is 3.78. The second-order valence-electron chi connectivity index (χ2n) is 7.68. The number of carbonyl (C=O) groups is 1. The van der Waals surface area contributed by atoms with Crippen molar-refractivity contribution in [3.63, 3.8) is 0 Å². The number of unbranched alkanes of at least 4 members (excludes halogenated alkanes) is 2. The van der Waals surface area contributed by atoms with Gasteiger partial charge in [-0.15, -0.1) is 6.58 Å². The van der Waals surface area contributed by atoms with E-state index in [0.717, 1.165) is 25.3 Å².